The van der Waals surface area contributed by atoms with E-state index in [1.165, 1.54) is 5.69 Å². The maximum atomic E-state index is 5.56. The Morgan fingerprint density at radius 1 is 1.33 bits per heavy atom. The van der Waals surface area contributed by atoms with Gasteiger partial charge < -0.3 is 14.2 Å². The second kappa shape index (κ2) is 5.88. The predicted octanol–water partition coefficient (Wildman–Crippen LogP) is 1.07. The number of quaternary nitrogens is 1. The van der Waals surface area contributed by atoms with Crippen LogP contribution in [0.1, 0.15) is 12.1 Å². The summed E-state index contributed by atoms with van der Waals surface area (Å²) in [5.74, 6) is 0. The molecule has 0 aliphatic carbocycles. The highest BCUT2D eigenvalue weighted by atomic mass is 16.5. The van der Waals surface area contributed by atoms with E-state index in [-0.39, 0.29) is 0 Å². The van der Waals surface area contributed by atoms with E-state index in [2.05, 4.69) is 31.1 Å². The molecule has 0 saturated heterocycles. The molecule has 0 saturated carbocycles. The number of aromatic amines is 1. The highest BCUT2D eigenvalue weighted by Crippen LogP contribution is 1.97. The van der Waals surface area contributed by atoms with Crippen LogP contribution in [0.2, 0.25) is 0 Å². The lowest BCUT2D eigenvalue weighted by Gasteiger charge is -2.23. The van der Waals surface area contributed by atoms with Gasteiger partial charge in [0.25, 0.3) is 0 Å². The van der Waals surface area contributed by atoms with Gasteiger partial charge in [0.1, 0.15) is 6.54 Å². The van der Waals surface area contributed by atoms with E-state index in [9.17, 15) is 0 Å². The minimum atomic E-state index is 0.832. The molecule has 1 aromatic heterocycles. The van der Waals surface area contributed by atoms with Gasteiger partial charge in [-0.15, -0.1) is 0 Å². The van der Waals surface area contributed by atoms with E-state index in [1.807, 2.05) is 6.20 Å². The number of nitrogens with one attached hydrogen (secondary N) is 1. The van der Waals surface area contributed by atoms with Gasteiger partial charge in [0.2, 0.25) is 0 Å². The summed E-state index contributed by atoms with van der Waals surface area (Å²) < 4.78 is 6.52. The zero-order chi connectivity index (χ0) is 11.1. The maximum absolute atomic E-state index is 5.56. The molecular weight excluding hydrogens is 190 g/mol. The van der Waals surface area contributed by atoms with Gasteiger partial charge in [0.05, 0.1) is 34.1 Å². The molecule has 1 N–H and O–H groups in total. The molecule has 1 heterocycles. The first-order valence-electron chi connectivity index (χ1n) is 5.43. The SMILES string of the molecule is C[N+](C)(C)CCOCCCc1cnc[nH]1. The first-order chi connectivity index (χ1) is 7.08. The summed E-state index contributed by atoms with van der Waals surface area (Å²) in [6.07, 6.45) is 5.66. The normalized spacial score (nSPS) is 11.9. The Kier molecular flexibility index (Phi) is 4.78. The molecule has 0 amide bonds. The second-order valence-electron chi connectivity index (χ2n) is 4.81. The summed E-state index contributed by atoms with van der Waals surface area (Å²) in [5, 5.41) is 0. The van der Waals surface area contributed by atoms with Gasteiger partial charge >= 0.3 is 0 Å². The zero-order valence-electron chi connectivity index (χ0n) is 9.99. The number of rotatable bonds is 7. The van der Waals surface area contributed by atoms with E-state index in [0.717, 1.165) is 37.1 Å². The molecule has 0 aliphatic heterocycles. The van der Waals surface area contributed by atoms with Crippen molar-refractivity contribution in [2.24, 2.45) is 0 Å². The summed E-state index contributed by atoms with van der Waals surface area (Å²) in [4.78, 5) is 7.05. The Bertz CT molecular complexity index is 251. The first kappa shape index (κ1) is 12.2. The van der Waals surface area contributed by atoms with Crippen LogP contribution in [0, 0.1) is 0 Å². The molecule has 15 heavy (non-hydrogen) atoms. The fraction of sp³-hybridized carbons (Fsp3) is 0.727. The number of aromatic nitrogens is 2. The van der Waals surface area contributed by atoms with Crippen molar-refractivity contribution >= 4 is 0 Å². The van der Waals surface area contributed by atoms with Crippen LogP contribution in [-0.2, 0) is 11.2 Å². The molecule has 0 spiro atoms. The maximum Gasteiger partial charge on any atom is 0.102 e. The minimum absolute atomic E-state index is 0.832. The fourth-order valence-corrected chi connectivity index (χ4v) is 1.23. The molecule has 0 atom stereocenters. The molecule has 1 rings (SSSR count). The number of likely N-dealkylation sites (N-methyl/N-ethyl adjacent to an activating group) is 1. The smallest absolute Gasteiger partial charge is 0.102 e. The lowest BCUT2D eigenvalue weighted by Crippen LogP contribution is -2.37. The van der Waals surface area contributed by atoms with Gasteiger partial charge in [-0.25, -0.2) is 4.98 Å². The van der Waals surface area contributed by atoms with Crippen LogP contribution in [0.3, 0.4) is 0 Å². The Hall–Kier alpha value is -0.870. The van der Waals surface area contributed by atoms with E-state index < -0.39 is 0 Å². The molecule has 0 unspecified atom stereocenters. The number of nitrogens with zero attached hydrogens (tertiary/aromatic N) is 2. The molecule has 0 radical (unpaired) electrons. The number of hydrogen-bond acceptors (Lipinski definition) is 2. The predicted molar refractivity (Wildman–Crippen MR) is 60.6 cm³/mol. The van der Waals surface area contributed by atoms with Crippen molar-refractivity contribution in [1.82, 2.24) is 9.97 Å². The third-order valence-electron chi connectivity index (χ3n) is 2.20. The first-order valence-corrected chi connectivity index (χ1v) is 5.43. The molecule has 1 aromatic rings. The van der Waals surface area contributed by atoms with Crippen molar-refractivity contribution in [3.63, 3.8) is 0 Å². The summed E-state index contributed by atoms with van der Waals surface area (Å²) in [5.41, 5.74) is 1.19. The van der Waals surface area contributed by atoms with Crippen LogP contribution in [-0.4, -0.2) is 55.4 Å². The van der Waals surface area contributed by atoms with Crippen molar-refractivity contribution in [2.75, 3.05) is 40.9 Å². The van der Waals surface area contributed by atoms with Gasteiger partial charge in [-0.3, -0.25) is 0 Å². The number of aryl methyl sites for hydroxylation is 1. The van der Waals surface area contributed by atoms with Crippen molar-refractivity contribution in [2.45, 2.75) is 12.8 Å². The van der Waals surface area contributed by atoms with Crippen LogP contribution in [0.25, 0.3) is 0 Å². The number of H-pyrrole nitrogens is 1. The van der Waals surface area contributed by atoms with Gasteiger partial charge in [0.15, 0.2) is 0 Å². The van der Waals surface area contributed by atoms with E-state index in [0.29, 0.717) is 0 Å². The Morgan fingerprint density at radius 2 is 2.13 bits per heavy atom. The molecule has 0 fully saturated rings. The number of ether oxygens (including phenoxy) is 1. The van der Waals surface area contributed by atoms with Gasteiger partial charge in [-0.1, -0.05) is 0 Å². The van der Waals surface area contributed by atoms with Crippen LogP contribution in [0.4, 0.5) is 0 Å². The van der Waals surface area contributed by atoms with Crippen molar-refractivity contribution in [3.05, 3.63) is 18.2 Å². The van der Waals surface area contributed by atoms with Crippen molar-refractivity contribution in [3.8, 4) is 0 Å². The van der Waals surface area contributed by atoms with Gasteiger partial charge in [-0.05, 0) is 12.8 Å². The molecule has 86 valence electrons. The monoisotopic (exact) mass is 212 g/mol. The third kappa shape index (κ3) is 6.25. The number of hydrogen-bond donors (Lipinski definition) is 1. The lowest BCUT2D eigenvalue weighted by atomic mass is 10.3. The quantitative estimate of drug-likeness (QED) is 0.542. The van der Waals surface area contributed by atoms with Crippen molar-refractivity contribution in [1.29, 1.82) is 0 Å². The molecule has 4 nitrogen and oxygen atoms in total. The number of imidazole rings is 1. The second-order valence-corrected chi connectivity index (χ2v) is 4.81. The van der Waals surface area contributed by atoms with Gasteiger partial charge in [-0.2, -0.15) is 0 Å². The van der Waals surface area contributed by atoms with E-state index in [4.69, 9.17) is 4.74 Å². The van der Waals surface area contributed by atoms with Gasteiger partial charge in [0, 0.05) is 18.5 Å². The Balaban J connectivity index is 1.94. The summed E-state index contributed by atoms with van der Waals surface area (Å²) >= 11 is 0. The summed E-state index contributed by atoms with van der Waals surface area (Å²) in [6, 6.07) is 0. The van der Waals surface area contributed by atoms with Crippen molar-refractivity contribution < 1.29 is 9.22 Å². The standard InChI is InChI=1S/C11H22N3O/c1-14(2,3)6-8-15-7-4-5-11-9-12-10-13-11/h9-10H,4-8H2,1-3H3,(H,12,13)/q+1. The molecule has 0 aliphatic rings. The third-order valence-corrected chi connectivity index (χ3v) is 2.20. The molecule has 0 aromatic carbocycles. The van der Waals surface area contributed by atoms with E-state index in [1.54, 1.807) is 6.33 Å². The lowest BCUT2D eigenvalue weighted by molar-refractivity contribution is -0.870. The molecule has 0 bridgehead atoms. The summed E-state index contributed by atoms with van der Waals surface area (Å²) in [6.45, 7) is 2.73. The molecular formula is C11H22N3O+. The van der Waals surface area contributed by atoms with Crippen LogP contribution in [0.15, 0.2) is 12.5 Å². The largest absolute Gasteiger partial charge is 0.376 e. The Labute approximate surface area is 91.9 Å². The average Bonchev–Trinajstić information content (AvgIpc) is 2.61. The highest BCUT2D eigenvalue weighted by Gasteiger charge is 2.05. The topological polar surface area (TPSA) is 37.9 Å². The average molecular weight is 212 g/mol. The fourth-order valence-electron chi connectivity index (χ4n) is 1.23. The summed E-state index contributed by atoms with van der Waals surface area (Å²) in [7, 11) is 6.52. The highest BCUT2D eigenvalue weighted by molar-refractivity contribution is 4.93. The minimum Gasteiger partial charge on any atom is -0.376 e. The van der Waals surface area contributed by atoms with E-state index >= 15 is 0 Å². The zero-order valence-corrected chi connectivity index (χ0v) is 9.99. The Morgan fingerprint density at radius 3 is 2.73 bits per heavy atom. The van der Waals surface area contributed by atoms with Crippen LogP contribution < -0.4 is 0 Å². The van der Waals surface area contributed by atoms with Crippen LogP contribution in [0.5, 0.6) is 0 Å². The molecule has 4 heteroatoms. The van der Waals surface area contributed by atoms with Crippen LogP contribution >= 0.6 is 0 Å².